The van der Waals surface area contributed by atoms with Gasteiger partial charge in [-0.15, -0.1) is 11.3 Å². The van der Waals surface area contributed by atoms with Gasteiger partial charge in [0.15, 0.2) is 0 Å². The molecule has 0 radical (unpaired) electrons. The summed E-state index contributed by atoms with van der Waals surface area (Å²) < 4.78 is 1.02. The van der Waals surface area contributed by atoms with Crippen molar-refractivity contribution >= 4 is 49.8 Å². The zero-order chi connectivity index (χ0) is 16.6. The highest BCUT2D eigenvalue weighted by Crippen LogP contribution is 2.36. The van der Waals surface area contributed by atoms with Crippen LogP contribution >= 0.6 is 22.9 Å². The molecule has 0 aliphatic carbocycles. The standard InChI is InChI=1S/C17H18ClN3OS/c1-10-4-5-13-11(8-10)15-12(16(18)20-13)9-14(23-15)17(22)19-6-7-21(2)3/h4-5,8-9H,6-7H2,1-3H3,(H,19,22). The van der Waals surface area contributed by atoms with Gasteiger partial charge in [-0.1, -0.05) is 23.2 Å². The van der Waals surface area contributed by atoms with Crippen LogP contribution in [-0.4, -0.2) is 43.0 Å². The molecule has 23 heavy (non-hydrogen) atoms. The first-order chi connectivity index (χ1) is 11.0. The van der Waals surface area contributed by atoms with E-state index in [1.807, 2.05) is 44.1 Å². The van der Waals surface area contributed by atoms with Crippen molar-refractivity contribution in [3.8, 4) is 0 Å². The fourth-order valence-corrected chi connectivity index (χ4v) is 3.83. The van der Waals surface area contributed by atoms with Crippen LogP contribution in [0.4, 0.5) is 0 Å². The van der Waals surface area contributed by atoms with E-state index in [1.165, 1.54) is 11.3 Å². The van der Waals surface area contributed by atoms with Crippen molar-refractivity contribution in [2.24, 2.45) is 0 Å². The summed E-state index contributed by atoms with van der Waals surface area (Å²) >= 11 is 7.76. The number of nitrogens with zero attached hydrogens (tertiary/aromatic N) is 2. The number of fused-ring (bicyclic) bond motifs is 3. The van der Waals surface area contributed by atoms with Crippen LogP contribution in [0.1, 0.15) is 15.2 Å². The number of hydrogen-bond acceptors (Lipinski definition) is 4. The molecule has 1 amide bonds. The smallest absolute Gasteiger partial charge is 0.261 e. The van der Waals surface area contributed by atoms with Crippen molar-refractivity contribution in [3.63, 3.8) is 0 Å². The summed E-state index contributed by atoms with van der Waals surface area (Å²) in [7, 11) is 3.96. The van der Waals surface area contributed by atoms with E-state index >= 15 is 0 Å². The van der Waals surface area contributed by atoms with Crippen molar-refractivity contribution < 1.29 is 4.79 Å². The van der Waals surface area contributed by atoms with Crippen LogP contribution in [0, 0.1) is 6.92 Å². The molecule has 2 heterocycles. The van der Waals surface area contributed by atoms with Crippen molar-refractivity contribution in [1.29, 1.82) is 0 Å². The third-order valence-electron chi connectivity index (χ3n) is 3.64. The maximum atomic E-state index is 12.3. The molecular weight excluding hydrogens is 330 g/mol. The lowest BCUT2D eigenvalue weighted by atomic mass is 10.1. The molecule has 120 valence electrons. The van der Waals surface area contributed by atoms with Gasteiger partial charge in [0.2, 0.25) is 0 Å². The third kappa shape index (κ3) is 3.32. The van der Waals surface area contributed by atoms with E-state index < -0.39 is 0 Å². The van der Waals surface area contributed by atoms with Crippen LogP contribution in [0.2, 0.25) is 5.15 Å². The number of carbonyl (C=O) groups is 1. The summed E-state index contributed by atoms with van der Waals surface area (Å²) in [6.07, 6.45) is 0. The monoisotopic (exact) mass is 347 g/mol. The van der Waals surface area contributed by atoms with Gasteiger partial charge in [-0.2, -0.15) is 0 Å². The van der Waals surface area contributed by atoms with Gasteiger partial charge < -0.3 is 10.2 Å². The Morgan fingerprint density at radius 3 is 2.83 bits per heavy atom. The Labute approximate surface area is 144 Å². The van der Waals surface area contributed by atoms with Crippen LogP contribution in [0.3, 0.4) is 0 Å². The molecule has 0 aliphatic rings. The lowest BCUT2D eigenvalue weighted by Gasteiger charge is -2.09. The average Bonchev–Trinajstić information content (AvgIpc) is 2.94. The summed E-state index contributed by atoms with van der Waals surface area (Å²) in [5, 5.41) is 5.26. The van der Waals surface area contributed by atoms with Gasteiger partial charge in [0.1, 0.15) is 5.15 Å². The maximum Gasteiger partial charge on any atom is 0.261 e. The molecule has 6 heteroatoms. The first kappa shape index (κ1) is 16.2. The predicted octanol–water partition coefficient (Wildman–Crippen LogP) is 3.70. The molecule has 3 rings (SSSR count). The maximum absolute atomic E-state index is 12.3. The minimum atomic E-state index is -0.0649. The number of rotatable bonds is 4. The average molecular weight is 348 g/mol. The summed E-state index contributed by atoms with van der Waals surface area (Å²) in [4.78, 5) is 19.5. The van der Waals surface area contributed by atoms with E-state index in [1.54, 1.807) is 0 Å². The van der Waals surface area contributed by atoms with Crippen molar-refractivity contribution in [2.45, 2.75) is 6.92 Å². The van der Waals surface area contributed by atoms with E-state index in [-0.39, 0.29) is 5.91 Å². The molecular formula is C17H18ClN3OS. The molecule has 0 bridgehead atoms. The zero-order valence-corrected chi connectivity index (χ0v) is 14.9. The van der Waals surface area contributed by atoms with Crippen LogP contribution in [0.5, 0.6) is 0 Å². The predicted molar refractivity (Wildman–Crippen MR) is 97.8 cm³/mol. The fourth-order valence-electron chi connectivity index (χ4n) is 2.43. The van der Waals surface area contributed by atoms with E-state index in [9.17, 15) is 4.79 Å². The summed E-state index contributed by atoms with van der Waals surface area (Å²) in [6, 6.07) is 7.90. The third-order valence-corrected chi connectivity index (χ3v) is 5.09. The van der Waals surface area contributed by atoms with Crippen molar-refractivity contribution in [1.82, 2.24) is 15.2 Å². The Morgan fingerprint density at radius 1 is 1.30 bits per heavy atom. The molecule has 1 aromatic carbocycles. The van der Waals surface area contributed by atoms with E-state index in [2.05, 4.69) is 16.4 Å². The Hall–Kier alpha value is -1.69. The number of thiophene rings is 1. The molecule has 0 fully saturated rings. The van der Waals surface area contributed by atoms with Crippen molar-refractivity contribution in [2.75, 3.05) is 27.2 Å². The molecule has 0 aliphatic heterocycles. The van der Waals surface area contributed by atoms with Crippen molar-refractivity contribution in [3.05, 3.63) is 39.9 Å². The van der Waals surface area contributed by atoms with Crippen LogP contribution in [0.25, 0.3) is 21.0 Å². The number of amides is 1. The molecule has 4 nitrogen and oxygen atoms in total. The molecule has 0 saturated heterocycles. The number of benzene rings is 1. The van der Waals surface area contributed by atoms with Gasteiger partial charge in [-0.3, -0.25) is 4.79 Å². The summed E-state index contributed by atoms with van der Waals surface area (Å²) in [5.41, 5.74) is 2.02. The lowest BCUT2D eigenvalue weighted by Crippen LogP contribution is -2.30. The van der Waals surface area contributed by atoms with Crippen LogP contribution in [0.15, 0.2) is 24.3 Å². The number of nitrogens with one attached hydrogen (secondary N) is 1. The fraction of sp³-hybridized carbons (Fsp3) is 0.294. The highest BCUT2D eigenvalue weighted by atomic mass is 35.5. The lowest BCUT2D eigenvalue weighted by molar-refractivity contribution is 0.0955. The van der Waals surface area contributed by atoms with Gasteiger partial charge in [-0.05, 0) is 39.2 Å². The number of likely N-dealkylation sites (N-methyl/N-ethyl adjacent to an activating group) is 1. The van der Waals surface area contributed by atoms with E-state index in [4.69, 9.17) is 11.6 Å². The zero-order valence-electron chi connectivity index (χ0n) is 13.3. The first-order valence-corrected chi connectivity index (χ1v) is 8.57. The minimum absolute atomic E-state index is 0.0649. The molecule has 0 atom stereocenters. The number of halogens is 1. The molecule has 0 spiro atoms. The largest absolute Gasteiger partial charge is 0.350 e. The highest BCUT2D eigenvalue weighted by molar-refractivity contribution is 7.21. The summed E-state index contributed by atoms with van der Waals surface area (Å²) in [6.45, 7) is 3.47. The second kappa shape index (κ2) is 6.43. The second-order valence-corrected chi connectivity index (χ2v) is 7.25. The van der Waals surface area contributed by atoms with Gasteiger partial charge in [-0.25, -0.2) is 4.98 Å². The minimum Gasteiger partial charge on any atom is -0.350 e. The molecule has 1 N–H and O–H groups in total. The van der Waals surface area contributed by atoms with Gasteiger partial charge in [0.05, 0.1) is 10.4 Å². The number of aryl methyl sites for hydroxylation is 1. The highest BCUT2D eigenvalue weighted by Gasteiger charge is 2.15. The topological polar surface area (TPSA) is 45.2 Å². The van der Waals surface area contributed by atoms with Gasteiger partial charge in [0.25, 0.3) is 5.91 Å². The van der Waals surface area contributed by atoms with Gasteiger partial charge >= 0.3 is 0 Å². The molecule has 2 aromatic heterocycles. The number of hydrogen-bond donors (Lipinski definition) is 1. The first-order valence-electron chi connectivity index (χ1n) is 7.38. The van der Waals surface area contributed by atoms with Crippen LogP contribution in [-0.2, 0) is 0 Å². The number of carbonyl (C=O) groups excluding carboxylic acids is 1. The second-order valence-electron chi connectivity index (χ2n) is 5.84. The Balaban J connectivity index is 2.00. The molecule has 3 aromatic rings. The SMILES string of the molecule is Cc1ccc2nc(Cl)c3cc(C(=O)NCCN(C)C)sc3c2c1. The number of pyridine rings is 1. The molecule has 0 unspecified atom stereocenters. The Bertz CT molecular complexity index is 888. The van der Waals surface area contributed by atoms with E-state index in [0.717, 1.165) is 33.1 Å². The Morgan fingerprint density at radius 2 is 2.09 bits per heavy atom. The number of aromatic nitrogens is 1. The normalized spacial score (nSPS) is 11.5. The summed E-state index contributed by atoms with van der Waals surface area (Å²) in [5.74, 6) is -0.0649. The van der Waals surface area contributed by atoms with E-state index in [0.29, 0.717) is 16.6 Å². The Kier molecular flexibility index (Phi) is 4.53. The van der Waals surface area contributed by atoms with Crippen LogP contribution < -0.4 is 5.32 Å². The molecule has 0 saturated carbocycles. The van der Waals surface area contributed by atoms with Gasteiger partial charge in [0, 0.05) is 28.6 Å². The quantitative estimate of drug-likeness (QED) is 0.732.